The zero-order valence-corrected chi connectivity index (χ0v) is 9.76. The molecule has 92 valence electrons. The highest BCUT2D eigenvalue weighted by molar-refractivity contribution is 4.97. The van der Waals surface area contributed by atoms with Crippen molar-refractivity contribution in [2.45, 2.75) is 32.4 Å². The van der Waals surface area contributed by atoms with Gasteiger partial charge in [-0.25, -0.2) is 4.98 Å². The number of aliphatic hydroxyl groups excluding tert-OH is 2. The molecule has 5 nitrogen and oxygen atoms in total. The second-order valence-electron chi connectivity index (χ2n) is 3.90. The van der Waals surface area contributed by atoms with Crippen molar-refractivity contribution in [3.05, 3.63) is 18.2 Å². The molecular weight excluding hydrogens is 206 g/mol. The van der Waals surface area contributed by atoms with E-state index in [1.165, 1.54) is 0 Å². The molecule has 0 saturated heterocycles. The number of nitrogens with zero attached hydrogens (tertiary/aromatic N) is 2. The zero-order valence-electron chi connectivity index (χ0n) is 9.76. The van der Waals surface area contributed by atoms with E-state index in [-0.39, 0.29) is 6.61 Å². The number of hydrogen-bond acceptors (Lipinski definition) is 4. The number of imidazole rings is 1. The first-order valence-corrected chi connectivity index (χ1v) is 5.76. The van der Waals surface area contributed by atoms with Gasteiger partial charge in [-0.15, -0.1) is 0 Å². The Morgan fingerprint density at radius 2 is 2.31 bits per heavy atom. The second kappa shape index (κ2) is 7.38. The first-order chi connectivity index (χ1) is 7.76. The summed E-state index contributed by atoms with van der Waals surface area (Å²) in [6, 6.07) is 0. The van der Waals surface area contributed by atoms with E-state index < -0.39 is 6.10 Å². The van der Waals surface area contributed by atoms with Gasteiger partial charge >= 0.3 is 0 Å². The van der Waals surface area contributed by atoms with Crippen LogP contribution in [0.1, 0.15) is 19.0 Å². The highest BCUT2D eigenvalue weighted by Crippen LogP contribution is 1.98. The van der Waals surface area contributed by atoms with Crippen LogP contribution in [0.4, 0.5) is 0 Å². The van der Waals surface area contributed by atoms with Crippen LogP contribution in [0.15, 0.2) is 12.5 Å². The molecule has 0 aliphatic rings. The van der Waals surface area contributed by atoms with Crippen LogP contribution in [-0.4, -0.2) is 45.6 Å². The van der Waals surface area contributed by atoms with Crippen LogP contribution in [0.25, 0.3) is 0 Å². The quantitative estimate of drug-likeness (QED) is 0.537. The molecule has 1 heterocycles. The van der Waals surface area contributed by atoms with E-state index in [9.17, 15) is 5.11 Å². The lowest BCUT2D eigenvalue weighted by molar-refractivity contribution is 0.0812. The predicted octanol–water partition coefficient (Wildman–Crippen LogP) is -0.222. The Labute approximate surface area is 96.1 Å². The predicted molar refractivity (Wildman–Crippen MR) is 62.2 cm³/mol. The molecule has 0 spiro atoms. The van der Waals surface area contributed by atoms with E-state index >= 15 is 0 Å². The van der Waals surface area contributed by atoms with Gasteiger partial charge in [-0.3, -0.25) is 0 Å². The summed E-state index contributed by atoms with van der Waals surface area (Å²) in [7, 11) is 0. The minimum Gasteiger partial charge on any atom is -0.394 e. The Morgan fingerprint density at radius 1 is 1.50 bits per heavy atom. The van der Waals surface area contributed by atoms with E-state index in [0.29, 0.717) is 6.54 Å². The van der Waals surface area contributed by atoms with Crippen LogP contribution in [0.5, 0.6) is 0 Å². The van der Waals surface area contributed by atoms with Crippen LogP contribution in [0, 0.1) is 0 Å². The van der Waals surface area contributed by atoms with E-state index in [2.05, 4.69) is 17.2 Å². The summed E-state index contributed by atoms with van der Waals surface area (Å²) in [5.74, 6) is 0. The molecule has 0 fully saturated rings. The molecule has 0 aromatic carbocycles. The summed E-state index contributed by atoms with van der Waals surface area (Å²) in [6.45, 7) is 4.27. The van der Waals surface area contributed by atoms with Gasteiger partial charge in [-0.2, -0.15) is 0 Å². The molecule has 1 aromatic rings. The Morgan fingerprint density at radius 3 is 3.00 bits per heavy atom. The van der Waals surface area contributed by atoms with E-state index in [4.69, 9.17) is 5.11 Å². The van der Waals surface area contributed by atoms with Gasteiger partial charge in [-0.05, 0) is 13.0 Å². The van der Waals surface area contributed by atoms with Crippen molar-refractivity contribution >= 4 is 0 Å². The standard InChI is InChI=1S/C11H21N3O2/c1-2-4-12-5-3-10-6-14(9-13-10)7-11(16)8-15/h6,9,11-12,15-16H,2-5,7-8H2,1H3. The third kappa shape index (κ3) is 4.74. The summed E-state index contributed by atoms with van der Waals surface area (Å²) in [4.78, 5) is 4.23. The summed E-state index contributed by atoms with van der Waals surface area (Å²) >= 11 is 0. The average Bonchev–Trinajstić information content (AvgIpc) is 2.72. The topological polar surface area (TPSA) is 70.3 Å². The smallest absolute Gasteiger partial charge is 0.0950 e. The Kier molecular flexibility index (Phi) is 6.07. The van der Waals surface area contributed by atoms with Crippen molar-refractivity contribution < 1.29 is 10.2 Å². The van der Waals surface area contributed by atoms with Crippen LogP contribution in [-0.2, 0) is 13.0 Å². The lowest BCUT2D eigenvalue weighted by Gasteiger charge is -2.06. The van der Waals surface area contributed by atoms with Gasteiger partial charge in [0, 0.05) is 19.2 Å². The maximum absolute atomic E-state index is 9.26. The SMILES string of the molecule is CCCNCCc1cn(CC(O)CO)cn1. The van der Waals surface area contributed by atoms with Gasteiger partial charge < -0.3 is 20.1 Å². The van der Waals surface area contributed by atoms with Gasteiger partial charge in [0.05, 0.1) is 31.3 Å². The lowest BCUT2D eigenvalue weighted by atomic mass is 10.3. The minimum absolute atomic E-state index is 0.217. The summed E-state index contributed by atoms with van der Waals surface area (Å²) in [5.41, 5.74) is 1.01. The van der Waals surface area contributed by atoms with Crippen molar-refractivity contribution in [2.75, 3.05) is 19.7 Å². The highest BCUT2D eigenvalue weighted by Gasteiger charge is 2.04. The summed E-state index contributed by atoms with van der Waals surface area (Å²) < 4.78 is 1.80. The maximum Gasteiger partial charge on any atom is 0.0950 e. The van der Waals surface area contributed by atoms with Gasteiger partial charge in [0.25, 0.3) is 0 Å². The van der Waals surface area contributed by atoms with Gasteiger partial charge in [0.1, 0.15) is 0 Å². The molecule has 0 aliphatic carbocycles. The third-order valence-electron chi connectivity index (χ3n) is 2.30. The summed E-state index contributed by atoms with van der Waals surface area (Å²) in [6.07, 6.45) is 4.92. The molecule has 1 unspecified atom stereocenters. The normalized spacial score (nSPS) is 12.9. The van der Waals surface area contributed by atoms with Crippen LogP contribution in [0.3, 0.4) is 0 Å². The molecule has 3 N–H and O–H groups in total. The van der Waals surface area contributed by atoms with Crippen LogP contribution in [0.2, 0.25) is 0 Å². The minimum atomic E-state index is -0.708. The molecule has 1 atom stereocenters. The van der Waals surface area contributed by atoms with Crippen molar-refractivity contribution in [3.8, 4) is 0 Å². The van der Waals surface area contributed by atoms with Gasteiger partial charge in [0.15, 0.2) is 0 Å². The second-order valence-corrected chi connectivity index (χ2v) is 3.90. The third-order valence-corrected chi connectivity index (χ3v) is 2.30. The van der Waals surface area contributed by atoms with Crippen LogP contribution < -0.4 is 5.32 Å². The lowest BCUT2D eigenvalue weighted by Crippen LogP contribution is -2.19. The van der Waals surface area contributed by atoms with E-state index in [1.807, 2.05) is 6.20 Å². The monoisotopic (exact) mass is 227 g/mol. The van der Waals surface area contributed by atoms with E-state index in [1.54, 1.807) is 10.9 Å². The fraction of sp³-hybridized carbons (Fsp3) is 0.727. The molecule has 0 saturated carbocycles. The molecule has 0 aliphatic heterocycles. The van der Waals surface area contributed by atoms with Crippen molar-refractivity contribution in [2.24, 2.45) is 0 Å². The van der Waals surface area contributed by atoms with E-state index in [0.717, 1.165) is 31.6 Å². The Balaban J connectivity index is 2.28. The molecule has 0 radical (unpaired) electrons. The largest absolute Gasteiger partial charge is 0.394 e. The first kappa shape index (κ1) is 13.2. The van der Waals surface area contributed by atoms with Crippen molar-refractivity contribution in [1.29, 1.82) is 0 Å². The first-order valence-electron chi connectivity index (χ1n) is 5.76. The fourth-order valence-corrected chi connectivity index (χ4v) is 1.45. The zero-order chi connectivity index (χ0) is 11.8. The Hall–Kier alpha value is -0.910. The number of aliphatic hydroxyl groups is 2. The number of hydrogen-bond donors (Lipinski definition) is 3. The number of nitrogens with one attached hydrogen (secondary N) is 1. The van der Waals surface area contributed by atoms with Crippen molar-refractivity contribution in [1.82, 2.24) is 14.9 Å². The molecule has 5 heteroatoms. The molecular formula is C11H21N3O2. The van der Waals surface area contributed by atoms with Crippen molar-refractivity contribution in [3.63, 3.8) is 0 Å². The van der Waals surface area contributed by atoms with Crippen LogP contribution >= 0.6 is 0 Å². The highest BCUT2D eigenvalue weighted by atomic mass is 16.3. The molecule has 16 heavy (non-hydrogen) atoms. The molecule has 1 aromatic heterocycles. The van der Waals surface area contributed by atoms with Gasteiger partial charge in [0.2, 0.25) is 0 Å². The summed E-state index contributed by atoms with van der Waals surface area (Å²) in [5, 5.41) is 21.3. The van der Waals surface area contributed by atoms with Gasteiger partial charge in [-0.1, -0.05) is 6.92 Å². The Bertz CT molecular complexity index is 289. The molecule has 0 amide bonds. The molecule has 0 bridgehead atoms. The average molecular weight is 227 g/mol. The number of aromatic nitrogens is 2. The number of rotatable bonds is 8. The molecule has 1 rings (SSSR count). The fourth-order valence-electron chi connectivity index (χ4n) is 1.45. The maximum atomic E-state index is 9.26.